The maximum absolute atomic E-state index is 14.2. The minimum absolute atomic E-state index is 0.0472. The molecular weight excluding hydrogens is 327 g/mol. The summed E-state index contributed by atoms with van der Waals surface area (Å²) in [5.74, 6) is 0.180. The Hall–Kier alpha value is -2.56. The Morgan fingerprint density at radius 3 is 2.85 bits per heavy atom. The van der Waals surface area contributed by atoms with E-state index >= 15 is 0 Å². The number of rotatable bonds is 3. The smallest absolute Gasteiger partial charge is 0.132 e. The predicted molar refractivity (Wildman–Crippen MR) is 97.1 cm³/mol. The first-order valence-corrected chi connectivity index (χ1v) is 9.12. The van der Waals surface area contributed by atoms with Crippen LogP contribution >= 0.6 is 0 Å². The van der Waals surface area contributed by atoms with E-state index in [9.17, 15) is 4.39 Å². The Morgan fingerprint density at radius 1 is 1.23 bits per heavy atom. The van der Waals surface area contributed by atoms with Gasteiger partial charge in [-0.3, -0.25) is 0 Å². The van der Waals surface area contributed by atoms with Crippen molar-refractivity contribution in [3.63, 3.8) is 0 Å². The number of aromatic nitrogens is 4. The van der Waals surface area contributed by atoms with Gasteiger partial charge in [-0.05, 0) is 47.9 Å². The summed E-state index contributed by atoms with van der Waals surface area (Å²) >= 11 is 0. The molecule has 0 saturated heterocycles. The van der Waals surface area contributed by atoms with E-state index in [1.165, 1.54) is 11.6 Å². The van der Waals surface area contributed by atoms with Crippen molar-refractivity contribution >= 4 is 0 Å². The van der Waals surface area contributed by atoms with Crippen LogP contribution in [0.15, 0.2) is 49.1 Å². The van der Waals surface area contributed by atoms with Crippen molar-refractivity contribution < 1.29 is 4.39 Å². The summed E-state index contributed by atoms with van der Waals surface area (Å²) in [5.41, 5.74) is 3.52. The molecule has 5 heteroatoms. The fourth-order valence-corrected chi connectivity index (χ4v) is 5.27. The highest BCUT2D eigenvalue weighted by Gasteiger charge is 2.63. The number of hydrogen-bond acceptors (Lipinski definition) is 3. The average molecular weight is 348 g/mol. The summed E-state index contributed by atoms with van der Waals surface area (Å²) in [6, 6.07) is 8.85. The quantitative estimate of drug-likeness (QED) is 0.707. The third-order valence-corrected chi connectivity index (χ3v) is 6.78. The second-order valence-corrected chi connectivity index (χ2v) is 8.14. The highest BCUT2D eigenvalue weighted by atomic mass is 19.1. The van der Waals surface area contributed by atoms with Crippen molar-refractivity contribution in [1.82, 2.24) is 19.7 Å². The van der Waals surface area contributed by atoms with Gasteiger partial charge in [0.25, 0.3) is 0 Å². The predicted octanol–water partition coefficient (Wildman–Crippen LogP) is 4.33. The van der Waals surface area contributed by atoms with Crippen LogP contribution < -0.4 is 0 Å². The minimum Gasteiger partial charge on any atom is -0.337 e. The number of benzene rings is 1. The van der Waals surface area contributed by atoms with Crippen molar-refractivity contribution in [2.45, 2.75) is 44.6 Å². The maximum atomic E-state index is 14.2. The van der Waals surface area contributed by atoms with Crippen molar-refractivity contribution in [2.24, 2.45) is 5.41 Å². The Morgan fingerprint density at radius 2 is 2.08 bits per heavy atom. The lowest BCUT2D eigenvalue weighted by Gasteiger charge is -2.38. The first-order chi connectivity index (χ1) is 12.5. The van der Waals surface area contributed by atoms with Crippen LogP contribution in [-0.4, -0.2) is 19.7 Å². The molecule has 0 N–H and O–H groups in total. The largest absolute Gasteiger partial charge is 0.337 e. The molecule has 132 valence electrons. The summed E-state index contributed by atoms with van der Waals surface area (Å²) in [6.45, 7) is 5.54. The lowest BCUT2D eigenvalue weighted by molar-refractivity contribution is 0.179. The van der Waals surface area contributed by atoms with Gasteiger partial charge in [-0.2, -0.15) is 10.2 Å². The highest BCUT2D eigenvalue weighted by Crippen LogP contribution is 2.67. The zero-order valence-corrected chi connectivity index (χ0v) is 15.0. The first-order valence-electron chi connectivity index (χ1n) is 9.12. The van der Waals surface area contributed by atoms with E-state index in [0.29, 0.717) is 17.2 Å². The molecule has 1 fully saturated rings. The van der Waals surface area contributed by atoms with Crippen LogP contribution in [0.4, 0.5) is 4.39 Å². The molecule has 0 spiro atoms. The SMILES string of the molecule is CC1(C)C2CCC1(Cn1ccnc1)c1nnc(-c3ccccc3F)cc12. The molecule has 4 nitrogen and oxygen atoms in total. The highest BCUT2D eigenvalue weighted by molar-refractivity contribution is 5.62. The van der Waals surface area contributed by atoms with Gasteiger partial charge in [0.15, 0.2) is 0 Å². The van der Waals surface area contributed by atoms with Crippen LogP contribution in [0.3, 0.4) is 0 Å². The van der Waals surface area contributed by atoms with Gasteiger partial charge >= 0.3 is 0 Å². The molecular formula is C21H21FN4. The zero-order valence-electron chi connectivity index (χ0n) is 15.0. The molecule has 2 atom stereocenters. The lowest BCUT2D eigenvalue weighted by atomic mass is 9.68. The lowest BCUT2D eigenvalue weighted by Crippen LogP contribution is -2.39. The summed E-state index contributed by atoms with van der Waals surface area (Å²) in [5, 5.41) is 9.08. The summed E-state index contributed by atoms with van der Waals surface area (Å²) in [7, 11) is 0. The van der Waals surface area contributed by atoms with E-state index in [-0.39, 0.29) is 16.6 Å². The Labute approximate surface area is 152 Å². The molecule has 0 radical (unpaired) electrons. The van der Waals surface area contributed by atoms with Gasteiger partial charge in [-0.25, -0.2) is 9.37 Å². The first kappa shape index (κ1) is 15.7. The van der Waals surface area contributed by atoms with E-state index in [1.54, 1.807) is 12.1 Å². The molecule has 3 aromatic rings. The standard InChI is InChI=1S/C21H21FN4/c1-20(2)16-7-8-21(20,12-26-10-9-23-13-26)19-15(16)11-18(24-25-19)14-5-3-4-6-17(14)22/h3-6,9-11,13,16H,7-8,12H2,1-2H3. The molecule has 2 bridgehead atoms. The third-order valence-electron chi connectivity index (χ3n) is 6.78. The molecule has 0 amide bonds. The summed E-state index contributed by atoms with van der Waals surface area (Å²) in [4.78, 5) is 4.20. The molecule has 1 saturated carbocycles. The number of fused-ring (bicyclic) bond motifs is 5. The second kappa shape index (κ2) is 5.22. The fourth-order valence-electron chi connectivity index (χ4n) is 5.27. The van der Waals surface area contributed by atoms with E-state index in [0.717, 1.165) is 25.1 Å². The van der Waals surface area contributed by atoms with E-state index in [2.05, 4.69) is 39.7 Å². The third kappa shape index (κ3) is 1.91. The Balaban J connectivity index is 1.65. The number of halogens is 1. The van der Waals surface area contributed by atoms with Crippen molar-refractivity contribution in [3.05, 3.63) is 66.1 Å². The van der Waals surface area contributed by atoms with E-state index < -0.39 is 0 Å². The maximum Gasteiger partial charge on any atom is 0.132 e. The molecule has 5 rings (SSSR count). The average Bonchev–Trinajstić information content (AvgIpc) is 3.27. The second-order valence-electron chi connectivity index (χ2n) is 8.14. The molecule has 26 heavy (non-hydrogen) atoms. The number of imidazole rings is 1. The Kier molecular flexibility index (Phi) is 3.15. The van der Waals surface area contributed by atoms with Crippen LogP contribution in [0.5, 0.6) is 0 Å². The Bertz CT molecular complexity index is 979. The van der Waals surface area contributed by atoms with Crippen LogP contribution in [-0.2, 0) is 12.0 Å². The number of nitrogens with zero attached hydrogens (tertiary/aromatic N) is 4. The molecule has 2 aromatic heterocycles. The van der Waals surface area contributed by atoms with Crippen LogP contribution in [0.25, 0.3) is 11.3 Å². The van der Waals surface area contributed by atoms with Gasteiger partial charge in [0.05, 0.1) is 17.7 Å². The van der Waals surface area contributed by atoms with Gasteiger partial charge in [-0.1, -0.05) is 26.0 Å². The van der Waals surface area contributed by atoms with Crippen LogP contribution in [0.2, 0.25) is 0 Å². The monoisotopic (exact) mass is 348 g/mol. The summed E-state index contributed by atoms with van der Waals surface area (Å²) in [6.07, 6.45) is 7.94. The van der Waals surface area contributed by atoms with Crippen LogP contribution in [0.1, 0.15) is 43.9 Å². The zero-order chi connectivity index (χ0) is 17.9. The summed E-state index contributed by atoms with van der Waals surface area (Å²) < 4.78 is 16.4. The van der Waals surface area contributed by atoms with Crippen LogP contribution in [0, 0.1) is 11.2 Å². The van der Waals surface area contributed by atoms with Crippen molar-refractivity contribution in [3.8, 4) is 11.3 Å². The molecule has 1 aromatic carbocycles. The normalized spacial score (nSPS) is 25.4. The van der Waals surface area contributed by atoms with E-state index in [1.807, 2.05) is 24.8 Å². The van der Waals surface area contributed by atoms with Gasteiger partial charge in [-0.15, -0.1) is 0 Å². The molecule has 2 unspecified atom stereocenters. The van der Waals surface area contributed by atoms with Crippen molar-refractivity contribution in [1.29, 1.82) is 0 Å². The van der Waals surface area contributed by atoms with Gasteiger partial charge in [0.2, 0.25) is 0 Å². The van der Waals surface area contributed by atoms with Gasteiger partial charge in [0, 0.05) is 29.9 Å². The molecule has 0 aliphatic heterocycles. The molecule has 2 aliphatic rings. The van der Waals surface area contributed by atoms with Gasteiger partial charge < -0.3 is 4.57 Å². The molecule has 2 aliphatic carbocycles. The van der Waals surface area contributed by atoms with Crippen molar-refractivity contribution in [2.75, 3.05) is 0 Å². The fraction of sp³-hybridized carbons (Fsp3) is 0.381. The topological polar surface area (TPSA) is 43.6 Å². The number of hydrogen-bond donors (Lipinski definition) is 0. The van der Waals surface area contributed by atoms with E-state index in [4.69, 9.17) is 0 Å². The molecule has 2 heterocycles. The van der Waals surface area contributed by atoms with Gasteiger partial charge in [0.1, 0.15) is 5.82 Å². The minimum atomic E-state index is -0.253.